The summed E-state index contributed by atoms with van der Waals surface area (Å²) in [5.41, 5.74) is 9.25. The molecule has 106 valence electrons. The van der Waals surface area contributed by atoms with Gasteiger partial charge in [0.2, 0.25) is 0 Å². The van der Waals surface area contributed by atoms with Crippen molar-refractivity contribution in [3.05, 3.63) is 64.1 Å². The summed E-state index contributed by atoms with van der Waals surface area (Å²) in [6.07, 6.45) is 0. The maximum Gasteiger partial charge on any atom is 0.0317 e. The van der Waals surface area contributed by atoms with Crippen LogP contribution >= 0.6 is 15.9 Å². The summed E-state index contributed by atoms with van der Waals surface area (Å²) >= 11 is 3.62. The first-order valence-electron chi connectivity index (χ1n) is 6.88. The van der Waals surface area contributed by atoms with Crippen LogP contribution in [0.15, 0.2) is 53.0 Å². The Kier molecular flexibility index (Phi) is 5.21. The lowest BCUT2D eigenvalue weighted by Crippen LogP contribution is -2.30. The van der Waals surface area contributed by atoms with Gasteiger partial charge in [-0.15, -0.1) is 0 Å². The van der Waals surface area contributed by atoms with Crippen LogP contribution in [0.25, 0.3) is 0 Å². The van der Waals surface area contributed by atoms with Gasteiger partial charge >= 0.3 is 0 Å². The zero-order valence-corrected chi connectivity index (χ0v) is 13.6. The number of rotatable bonds is 5. The summed E-state index contributed by atoms with van der Waals surface area (Å²) in [5.74, 6) is 0. The molecule has 0 aliphatic rings. The number of nitrogen functional groups attached to an aromatic ring is 1. The molecule has 0 radical (unpaired) electrons. The van der Waals surface area contributed by atoms with Crippen LogP contribution in [0.2, 0.25) is 0 Å². The van der Waals surface area contributed by atoms with Crippen LogP contribution in [0, 0.1) is 0 Å². The van der Waals surface area contributed by atoms with Crippen molar-refractivity contribution < 1.29 is 0 Å². The molecule has 0 atom stereocenters. The van der Waals surface area contributed by atoms with Crippen LogP contribution in [-0.4, -0.2) is 10.9 Å². The lowest BCUT2D eigenvalue weighted by atomic mass is 10.1. The lowest BCUT2D eigenvalue weighted by Gasteiger charge is -2.27. The quantitative estimate of drug-likeness (QED) is 0.820. The van der Waals surface area contributed by atoms with Crippen molar-refractivity contribution in [2.75, 3.05) is 5.73 Å². The van der Waals surface area contributed by atoms with E-state index in [4.69, 9.17) is 5.73 Å². The number of anilines is 1. The summed E-state index contributed by atoms with van der Waals surface area (Å²) in [7, 11) is 0. The molecule has 2 rings (SSSR count). The zero-order chi connectivity index (χ0) is 14.5. The fraction of sp³-hybridized carbons (Fsp3) is 0.294. The van der Waals surface area contributed by atoms with E-state index in [1.165, 1.54) is 15.6 Å². The zero-order valence-electron chi connectivity index (χ0n) is 12.0. The highest BCUT2D eigenvalue weighted by molar-refractivity contribution is 9.10. The summed E-state index contributed by atoms with van der Waals surface area (Å²) in [5, 5.41) is 0. The average molecular weight is 333 g/mol. The van der Waals surface area contributed by atoms with E-state index in [0.29, 0.717) is 6.04 Å². The van der Waals surface area contributed by atoms with Gasteiger partial charge in [-0.25, -0.2) is 0 Å². The standard InChI is InChI=1S/C17H21BrN2/c1-13(2)20(11-14-6-5-8-16(19)10-14)12-15-7-3-4-9-17(15)18/h3-10,13H,11-12,19H2,1-2H3. The van der Waals surface area contributed by atoms with Crippen molar-refractivity contribution in [1.82, 2.24) is 4.90 Å². The van der Waals surface area contributed by atoms with E-state index in [0.717, 1.165) is 18.8 Å². The van der Waals surface area contributed by atoms with Crippen LogP contribution in [0.1, 0.15) is 25.0 Å². The highest BCUT2D eigenvalue weighted by Gasteiger charge is 2.12. The number of hydrogen-bond acceptors (Lipinski definition) is 2. The normalized spacial score (nSPS) is 11.2. The third-order valence-corrected chi connectivity index (χ3v) is 4.17. The second kappa shape index (κ2) is 6.91. The van der Waals surface area contributed by atoms with Gasteiger partial charge in [0.1, 0.15) is 0 Å². The van der Waals surface area contributed by atoms with Gasteiger partial charge in [-0.05, 0) is 43.2 Å². The summed E-state index contributed by atoms with van der Waals surface area (Å²) in [6, 6.07) is 17.0. The van der Waals surface area contributed by atoms with E-state index < -0.39 is 0 Å². The van der Waals surface area contributed by atoms with Crippen LogP contribution in [0.3, 0.4) is 0 Å². The molecule has 0 spiro atoms. The number of halogens is 1. The van der Waals surface area contributed by atoms with E-state index in [9.17, 15) is 0 Å². The van der Waals surface area contributed by atoms with Crippen LogP contribution < -0.4 is 5.73 Å². The molecule has 0 heterocycles. The second-order valence-electron chi connectivity index (χ2n) is 5.34. The first-order valence-corrected chi connectivity index (χ1v) is 7.67. The Bertz CT molecular complexity index is 566. The van der Waals surface area contributed by atoms with Gasteiger partial charge in [0.25, 0.3) is 0 Å². The van der Waals surface area contributed by atoms with Crippen LogP contribution in [0.4, 0.5) is 5.69 Å². The maximum absolute atomic E-state index is 5.86. The Morgan fingerprint density at radius 2 is 1.80 bits per heavy atom. The third kappa shape index (κ3) is 4.09. The second-order valence-corrected chi connectivity index (χ2v) is 6.19. The van der Waals surface area contributed by atoms with Gasteiger partial charge in [-0.3, -0.25) is 4.90 Å². The predicted molar refractivity (Wildman–Crippen MR) is 89.4 cm³/mol. The first-order chi connectivity index (χ1) is 9.56. The molecule has 2 N–H and O–H groups in total. The van der Waals surface area contributed by atoms with Gasteiger partial charge in [0.05, 0.1) is 0 Å². The molecule has 0 aromatic heterocycles. The molecule has 20 heavy (non-hydrogen) atoms. The van der Waals surface area contributed by atoms with Gasteiger partial charge in [-0.2, -0.15) is 0 Å². The van der Waals surface area contributed by atoms with Crippen LogP contribution in [-0.2, 0) is 13.1 Å². The average Bonchev–Trinajstić information content (AvgIpc) is 2.40. The fourth-order valence-electron chi connectivity index (χ4n) is 2.19. The van der Waals surface area contributed by atoms with Gasteiger partial charge in [0, 0.05) is 29.3 Å². The Morgan fingerprint density at radius 3 is 2.45 bits per heavy atom. The highest BCUT2D eigenvalue weighted by Crippen LogP contribution is 2.20. The molecule has 2 aromatic rings. The third-order valence-electron chi connectivity index (χ3n) is 3.40. The van der Waals surface area contributed by atoms with E-state index in [-0.39, 0.29) is 0 Å². The van der Waals surface area contributed by atoms with Gasteiger partial charge in [0.15, 0.2) is 0 Å². The van der Waals surface area contributed by atoms with E-state index in [1.807, 2.05) is 18.2 Å². The predicted octanol–water partition coefficient (Wildman–Crippen LogP) is 4.44. The Hall–Kier alpha value is -1.32. The van der Waals surface area contributed by atoms with Crippen molar-refractivity contribution in [3.8, 4) is 0 Å². The van der Waals surface area contributed by atoms with Crippen molar-refractivity contribution in [1.29, 1.82) is 0 Å². The number of nitrogens with two attached hydrogens (primary N) is 1. The highest BCUT2D eigenvalue weighted by atomic mass is 79.9. The largest absolute Gasteiger partial charge is 0.399 e. The Morgan fingerprint density at radius 1 is 1.05 bits per heavy atom. The maximum atomic E-state index is 5.86. The topological polar surface area (TPSA) is 29.3 Å². The molecule has 2 nitrogen and oxygen atoms in total. The van der Waals surface area contributed by atoms with Crippen molar-refractivity contribution >= 4 is 21.6 Å². The van der Waals surface area contributed by atoms with Crippen LogP contribution in [0.5, 0.6) is 0 Å². The van der Waals surface area contributed by atoms with Gasteiger partial charge in [-0.1, -0.05) is 46.3 Å². The molecular weight excluding hydrogens is 312 g/mol. The minimum absolute atomic E-state index is 0.475. The Balaban J connectivity index is 2.14. The molecule has 0 saturated carbocycles. The van der Waals surface area contributed by atoms with Crippen molar-refractivity contribution in [3.63, 3.8) is 0 Å². The fourth-order valence-corrected chi connectivity index (χ4v) is 2.60. The first kappa shape index (κ1) is 15.1. The molecule has 0 aliphatic carbocycles. The summed E-state index contributed by atoms with van der Waals surface area (Å²) < 4.78 is 1.17. The van der Waals surface area contributed by atoms with Gasteiger partial charge < -0.3 is 5.73 Å². The summed E-state index contributed by atoms with van der Waals surface area (Å²) in [6.45, 7) is 6.28. The van der Waals surface area contributed by atoms with Crippen molar-refractivity contribution in [2.24, 2.45) is 0 Å². The molecule has 2 aromatic carbocycles. The van der Waals surface area contributed by atoms with E-state index in [1.54, 1.807) is 0 Å². The van der Waals surface area contributed by atoms with E-state index >= 15 is 0 Å². The van der Waals surface area contributed by atoms with E-state index in [2.05, 4.69) is 65.0 Å². The Labute approximate surface area is 129 Å². The molecular formula is C17H21BrN2. The molecule has 0 bridgehead atoms. The number of benzene rings is 2. The minimum atomic E-state index is 0.475. The molecule has 0 amide bonds. The molecule has 0 fully saturated rings. The molecule has 0 unspecified atom stereocenters. The molecule has 0 saturated heterocycles. The molecule has 0 aliphatic heterocycles. The monoisotopic (exact) mass is 332 g/mol. The molecule has 3 heteroatoms. The number of hydrogen-bond donors (Lipinski definition) is 1. The smallest absolute Gasteiger partial charge is 0.0317 e. The minimum Gasteiger partial charge on any atom is -0.399 e. The number of nitrogens with zero attached hydrogens (tertiary/aromatic N) is 1. The lowest BCUT2D eigenvalue weighted by molar-refractivity contribution is 0.203. The van der Waals surface area contributed by atoms with Crippen molar-refractivity contribution in [2.45, 2.75) is 33.0 Å². The SMILES string of the molecule is CC(C)N(Cc1cccc(N)c1)Cc1ccccc1Br. The summed E-state index contributed by atoms with van der Waals surface area (Å²) in [4.78, 5) is 2.44.